The highest BCUT2D eigenvalue weighted by atomic mass is 16.7. The van der Waals surface area contributed by atoms with Gasteiger partial charge in [-0.3, -0.25) is 4.79 Å². The summed E-state index contributed by atoms with van der Waals surface area (Å²) in [6.07, 6.45) is 3.27. The number of esters is 1. The summed E-state index contributed by atoms with van der Waals surface area (Å²) in [6.45, 7) is 5.23. The highest BCUT2D eigenvalue weighted by molar-refractivity contribution is 5.94. The molecule has 2 rings (SSSR count). The number of carbonyl (C=O) groups is 4. The standard InChI is InChI=1S/C28H34N2O7/c1-28(2,3)36-27(34)29-23(26(33)35-4)17-11-12-20-30(37-25(32)22-15-9-6-10-16-22)24(31)19-18-21-13-7-5-8-14-21/h5-10,13-16,18-19,23H,11-12,17,20H2,1-4H3,(H,29,34)/b19-18+/t23-/m0/s1. The predicted octanol–water partition coefficient (Wildman–Crippen LogP) is 4.54. The van der Waals surface area contributed by atoms with Crippen molar-refractivity contribution >= 4 is 30.0 Å². The van der Waals surface area contributed by atoms with Crippen LogP contribution in [0.3, 0.4) is 0 Å². The third kappa shape index (κ3) is 11.0. The summed E-state index contributed by atoms with van der Waals surface area (Å²) >= 11 is 0. The molecular weight excluding hydrogens is 476 g/mol. The molecule has 0 radical (unpaired) electrons. The molecule has 0 fully saturated rings. The Kier molecular flexibility index (Phi) is 11.3. The van der Waals surface area contributed by atoms with Gasteiger partial charge in [-0.05, 0) is 63.8 Å². The summed E-state index contributed by atoms with van der Waals surface area (Å²) < 4.78 is 10.00. The Balaban J connectivity index is 2.02. The lowest BCUT2D eigenvalue weighted by Crippen LogP contribution is -2.44. The number of rotatable bonds is 10. The maximum atomic E-state index is 12.9. The molecule has 0 heterocycles. The topological polar surface area (TPSA) is 111 Å². The van der Waals surface area contributed by atoms with E-state index in [0.29, 0.717) is 18.4 Å². The molecule has 198 valence electrons. The minimum atomic E-state index is -0.922. The number of alkyl carbamates (subject to hydrolysis) is 1. The lowest BCUT2D eigenvalue weighted by molar-refractivity contribution is -0.161. The van der Waals surface area contributed by atoms with E-state index in [2.05, 4.69) is 5.32 Å². The first-order valence-electron chi connectivity index (χ1n) is 12.0. The molecule has 2 aromatic rings. The van der Waals surface area contributed by atoms with Gasteiger partial charge in [0, 0.05) is 6.08 Å². The van der Waals surface area contributed by atoms with E-state index in [9.17, 15) is 19.2 Å². The number of nitrogens with one attached hydrogen (secondary N) is 1. The molecule has 37 heavy (non-hydrogen) atoms. The van der Waals surface area contributed by atoms with E-state index >= 15 is 0 Å². The molecule has 2 amide bonds. The van der Waals surface area contributed by atoms with E-state index < -0.39 is 35.6 Å². The van der Waals surface area contributed by atoms with Crippen LogP contribution in [0, 0.1) is 0 Å². The third-order valence-corrected chi connectivity index (χ3v) is 4.95. The number of carbonyl (C=O) groups excluding carboxylic acids is 4. The number of unbranched alkanes of at least 4 members (excludes halogenated alkanes) is 1. The van der Waals surface area contributed by atoms with Gasteiger partial charge in [0.2, 0.25) is 0 Å². The SMILES string of the molecule is COC(=O)[C@H](CCCCN(OC(=O)c1ccccc1)C(=O)/C=C/c1ccccc1)NC(=O)OC(C)(C)C. The number of amides is 2. The highest BCUT2D eigenvalue weighted by Gasteiger charge is 2.25. The third-order valence-electron chi connectivity index (χ3n) is 4.95. The van der Waals surface area contributed by atoms with Crippen LogP contribution in [0.1, 0.15) is 56.0 Å². The number of hydroxylamine groups is 2. The van der Waals surface area contributed by atoms with Gasteiger partial charge in [0.05, 0.1) is 19.2 Å². The van der Waals surface area contributed by atoms with Gasteiger partial charge in [0.15, 0.2) is 0 Å². The van der Waals surface area contributed by atoms with Gasteiger partial charge in [-0.15, -0.1) is 0 Å². The van der Waals surface area contributed by atoms with Crippen molar-refractivity contribution in [2.45, 2.75) is 51.7 Å². The van der Waals surface area contributed by atoms with Crippen molar-refractivity contribution < 1.29 is 33.5 Å². The van der Waals surface area contributed by atoms with Crippen molar-refractivity contribution in [3.63, 3.8) is 0 Å². The summed E-state index contributed by atoms with van der Waals surface area (Å²) in [5, 5.41) is 3.50. The minimum absolute atomic E-state index is 0.0802. The summed E-state index contributed by atoms with van der Waals surface area (Å²) in [5.74, 6) is -1.79. The van der Waals surface area contributed by atoms with Gasteiger partial charge < -0.3 is 19.6 Å². The summed E-state index contributed by atoms with van der Waals surface area (Å²) in [7, 11) is 1.23. The van der Waals surface area contributed by atoms with E-state index in [4.69, 9.17) is 14.3 Å². The Hall–Kier alpha value is -4.14. The molecule has 2 aromatic carbocycles. The summed E-state index contributed by atoms with van der Waals surface area (Å²) in [6, 6.07) is 16.7. The Labute approximate surface area is 217 Å². The van der Waals surface area contributed by atoms with Crippen molar-refractivity contribution in [1.29, 1.82) is 0 Å². The smallest absolute Gasteiger partial charge is 0.408 e. The van der Waals surface area contributed by atoms with Gasteiger partial charge >= 0.3 is 18.0 Å². The second-order valence-electron chi connectivity index (χ2n) is 9.15. The van der Waals surface area contributed by atoms with Crippen molar-refractivity contribution in [2.75, 3.05) is 13.7 Å². The molecule has 0 aliphatic carbocycles. The second kappa shape index (κ2) is 14.4. The first-order chi connectivity index (χ1) is 17.6. The second-order valence-corrected chi connectivity index (χ2v) is 9.15. The van der Waals surface area contributed by atoms with Crippen molar-refractivity contribution in [1.82, 2.24) is 10.4 Å². The predicted molar refractivity (Wildman–Crippen MR) is 138 cm³/mol. The van der Waals surface area contributed by atoms with Gasteiger partial charge in [0.25, 0.3) is 5.91 Å². The lowest BCUT2D eigenvalue weighted by Gasteiger charge is -2.23. The average Bonchev–Trinajstić information content (AvgIpc) is 2.87. The van der Waals surface area contributed by atoms with Gasteiger partial charge in [-0.1, -0.05) is 48.5 Å². The fourth-order valence-electron chi connectivity index (χ4n) is 3.19. The van der Waals surface area contributed by atoms with Crippen LogP contribution in [0.25, 0.3) is 6.08 Å². The first-order valence-corrected chi connectivity index (χ1v) is 12.0. The zero-order valence-corrected chi connectivity index (χ0v) is 21.6. The average molecular weight is 511 g/mol. The number of hydrogen-bond acceptors (Lipinski definition) is 7. The lowest BCUT2D eigenvalue weighted by atomic mass is 10.1. The maximum absolute atomic E-state index is 12.9. The molecule has 1 N–H and O–H groups in total. The van der Waals surface area contributed by atoms with Crippen LogP contribution in [0.4, 0.5) is 4.79 Å². The molecule has 9 heteroatoms. The Morgan fingerprint density at radius 3 is 2.16 bits per heavy atom. The van der Waals surface area contributed by atoms with Crippen molar-refractivity contribution in [2.24, 2.45) is 0 Å². The van der Waals surface area contributed by atoms with Gasteiger partial charge in [-0.2, -0.15) is 5.06 Å². The van der Waals surface area contributed by atoms with E-state index in [-0.39, 0.29) is 13.0 Å². The fourth-order valence-corrected chi connectivity index (χ4v) is 3.19. The molecular formula is C28H34N2O7. The van der Waals surface area contributed by atoms with Crippen LogP contribution < -0.4 is 5.32 Å². The van der Waals surface area contributed by atoms with Crippen molar-refractivity contribution in [3.8, 4) is 0 Å². The van der Waals surface area contributed by atoms with Crippen LogP contribution in [0.15, 0.2) is 66.7 Å². The monoisotopic (exact) mass is 510 g/mol. The molecule has 0 saturated carbocycles. The Morgan fingerprint density at radius 2 is 1.57 bits per heavy atom. The molecule has 0 aromatic heterocycles. The van der Waals surface area contributed by atoms with Gasteiger partial charge in [0.1, 0.15) is 11.6 Å². The molecule has 0 aliphatic heterocycles. The van der Waals surface area contributed by atoms with E-state index in [1.54, 1.807) is 57.2 Å². The van der Waals surface area contributed by atoms with Crippen LogP contribution >= 0.6 is 0 Å². The molecule has 1 atom stereocenters. The van der Waals surface area contributed by atoms with Gasteiger partial charge in [-0.25, -0.2) is 14.4 Å². The van der Waals surface area contributed by atoms with Crippen LogP contribution in [0.5, 0.6) is 0 Å². The minimum Gasteiger partial charge on any atom is -0.467 e. The summed E-state index contributed by atoms with van der Waals surface area (Å²) in [4.78, 5) is 55.1. The molecule has 0 spiro atoms. The van der Waals surface area contributed by atoms with E-state index in [1.165, 1.54) is 13.2 Å². The number of hydrogen-bond donors (Lipinski definition) is 1. The molecule has 0 unspecified atom stereocenters. The normalized spacial score (nSPS) is 11.9. The molecule has 0 aliphatic rings. The van der Waals surface area contributed by atoms with Crippen LogP contribution in [-0.2, 0) is 23.9 Å². The number of ether oxygens (including phenoxy) is 2. The van der Waals surface area contributed by atoms with E-state index in [0.717, 1.165) is 10.6 Å². The zero-order valence-electron chi connectivity index (χ0n) is 21.6. The number of nitrogens with zero attached hydrogens (tertiary/aromatic N) is 1. The fraction of sp³-hybridized carbons (Fsp3) is 0.357. The molecule has 0 bridgehead atoms. The van der Waals surface area contributed by atoms with E-state index in [1.807, 2.05) is 30.3 Å². The van der Waals surface area contributed by atoms with Crippen LogP contribution in [0.2, 0.25) is 0 Å². The number of methoxy groups -OCH3 is 1. The largest absolute Gasteiger partial charge is 0.467 e. The maximum Gasteiger partial charge on any atom is 0.408 e. The molecule has 9 nitrogen and oxygen atoms in total. The first kappa shape index (κ1) is 29.1. The quantitative estimate of drug-likeness (QED) is 0.216. The number of benzene rings is 2. The molecule has 0 saturated heterocycles. The van der Waals surface area contributed by atoms with Crippen molar-refractivity contribution in [3.05, 3.63) is 77.9 Å². The summed E-state index contributed by atoms with van der Waals surface area (Å²) in [5.41, 5.74) is 0.403. The van der Waals surface area contributed by atoms with Crippen LogP contribution in [-0.4, -0.2) is 54.3 Å². The zero-order chi connectivity index (χ0) is 27.3. The highest BCUT2D eigenvalue weighted by Crippen LogP contribution is 2.11. The Bertz CT molecular complexity index is 1060. The Morgan fingerprint density at radius 1 is 0.946 bits per heavy atom.